The summed E-state index contributed by atoms with van der Waals surface area (Å²) in [4.78, 5) is 7.42. The van der Waals surface area contributed by atoms with E-state index in [-0.39, 0.29) is 16.8 Å². The van der Waals surface area contributed by atoms with Crippen LogP contribution in [0.2, 0.25) is 10.0 Å². The third kappa shape index (κ3) is 1.77. The predicted molar refractivity (Wildman–Crippen MR) is 70.3 cm³/mol. The highest BCUT2D eigenvalue weighted by Crippen LogP contribution is 2.40. The van der Waals surface area contributed by atoms with Crippen molar-refractivity contribution in [3.63, 3.8) is 0 Å². The van der Waals surface area contributed by atoms with Crippen LogP contribution < -0.4 is 5.32 Å². The van der Waals surface area contributed by atoms with Gasteiger partial charge in [0.25, 0.3) is 0 Å². The monoisotopic (exact) mass is 283 g/mol. The quantitative estimate of drug-likeness (QED) is 0.754. The normalized spacial score (nSPS) is 18.7. The van der Waals surface area contributed by atoms with Crippen molar-refractivity contribution in [3.05, 3.63) is 45.5 Å². The maximum atomic E-state index is 9.71. The zero-order chi connectivity index (χ0) is 12.7. The van der Waals surface area contributed by atoms with E-state index in [1.165, 1.54) is 6.07 Å². The molecule has 1 aliphatic heterocycles. The summed E-state index contributed by atoms with van der Waals surface area (Å²) in [5, 5.41) is 13.8. The number of nitrogens with one attached hydrogen (secondary N) is 2. The van der Waals surface area contributed by atoms with E-state index in [1.54, 1.807) is 12.4 Å². The lowest BCUT2D eigenvalue weighted by Crippen LogP contribution is -2.31. The average molecular weight is 284 g/mol. The van der Waals surface area contributed by atoms with Crippen LogP contribution >= 0.6 is 23.2 Å². The van der Waals surface area contributed by atoms with Crippen molar-refractivity contribution in [2.24, 2.45) is 0 Å². The summed E-state index contributed by atoms with van der Waals surface area (Å²) < 4.78 is 0. The van der Waals surface area contributed by atoms with E-state index in [2.05, 4.69) is 15.3 Å². The molecule has 1 aliphatic rings. The van der Waals surface area contributed by atoms with Crippen molar-refractivity contribution < 1.29 is 5.11 Å². The summed E-state index contributed by atoms with van der Waals surface area (Å²) in [6, 6.07) is 2.94. The fourth-order valence-electron chi connectivity index (χ4n) is 2.28. The highest BCUT2D eigenvalue weighted by Gasteiger charge is 2.28. The minimum Gasteiger partial charge on any atom is -0.506 e. The van der Waals surface area contributed by atoms with Crippen LogP contribution in [0.1, 0.15) is 23.0 Å². The summed E-state index contributed by atoms with van der Waals surface area (Å²) in [6.45, 7) is 0.808. The molecule has 0 amide bonds. The number of nitrogens with zero attached hydrogens (tertiary/aromatic N) is 1. The molecule has 1 aromatic heterocycles. The zero-order valence-corrected chi connectivity index (χ0v) is 10.9. The highest BCUT2D eigenvalue weighted by molar-refractivity contribution is 6.37. The van der Waals surface area contributed by atoms with E-state index in [1.807, 2.05) is 0 Å². The minimum absolute atomic E-state index is 0.0283. The first-order chi connectivity index (χ1) is 8.68. The van der Waals surface area contributed by atoms with Crippen molar-refractivity contribution in [1.82, 2.24) is 15.3 Å². The average Bonchev–Trinajstić information content (AvgIpc) is 2.83. The molecule has 1 atom stereocenters. The van der Waals surface area contributed by atoms with Crippen LogP contribution in [0.3, 0.4) is 0 Å². The molecule has 0 fully saturated rings. The number of aromatic hydroxyl groups is 1. The number of phenols is 1. The molecule has 0 aliphatic carbocycles. The minimum atomic E-state index is -0.188. The first-order valence-electron chi connectivity index (χ1n) is 5.61. The van der Waals surface area contributed by atoms with Gasteiger partial charge in [0.1, 0.15) is 5.75 Å². The van der Waals surface area contributed by atoms with Crippen LogP contribution in [0.25, 0.3) is 0 Å². The zero-order valence-electron chi connectivity index (χ0n) is 9.37. The molecule has 0 unspecified atom stereocenters. The van der Waals surface area contributed by atoms with Gasteiger partial charge >= 0.3 is 0 Å². The Morgan fingerprint density at radius 2 is 2.17 bits per heavy atom. The molecule has 6 heteroatoms. The molecule has 0 saturated carbocycles. The van der Waals surface area contributed by atoms with E-state index < -0.39 is 0 Å². The van der Waals surface area contributed by atoms with Crippen LogP contribution in [0.15, 0.2) is 18.5 Å². The first kappa shape index (κ1) is 11.8. The van der Waals surface area contributed by atoms with Gasteiger partial charge in [-0.15, -0.1) is 0 Å². The van der Waals surface area contributed by atoms with Gasteiger partial charge in [-0.3, -0.25) is 0 Å². The number of fused-ring (bicyclic) bond motifs is 1. The lowest BCUT2D eigenvalue weighted by atomic mass is 9.97. The second-order valence-electron chi connectivity index (χ2n) is 4.20. The number of rotatable bonds is 1. The predicted octanol–water partition coefficient (Wildman–Crippen LogP) is 2.66. The molecule has 3 N–H and O–H groups in total. The number of imidazole rings is 1. The van der Waals surface area contributed by atoms with Crippen molar-refractivity contribution in [2.75, 3.05) is 6.54 Å². The molecule has 0 spiro atoms. The fraction of sp³-hybridized carbons (Fsp3) is 0.250. The fourth-order valence-corrected chi connectivity index (χ4v) is 2.87. The van der Waals surface area contributed by atoms with Crippen LogP contribution in [-0.2, 0) is 6.42 Å². The summed E-state index contributed by atoms with van der Waals surface area (Å²) in [5.74, 6) is 0.0283. The molecule has 2 heterocycles. The Hall–Kier alpha value is -1.23. The number of hydrogen-bond donors (Lipinski definition) is 3. The van der Waals surface area contributed by atoms with E-state index in [0.29, 0.717) is 10.6 Å². The molecule has 0 radical (unpaired) electrons. The van der Waals surface area contributed by atoms with Gasteiger partial charge in [-0.1, -0.05) is 23.2 Å². The Labute approximate surface area is 114 Å². The molecule has 18 heavy (non-hydrogen) atoms. The van der Waals surface area contributed by atoms with Gasteiger partial charge in [0.2, 0.25) is 0 Å². The van der Waals surface area contributed by atoms with Crippen molar-refractivity contribution in [2.45, 2.75) is 12.5 Å². The second-order valence-corrected chi connectivity index (χ2v) is 4.98. The van der Waals surface area contributed by atoms with Crippen LogP contribution in [0, 0.1) is 0 Å². The maximum absolute atomic E-state index is 9.71. The van der Waals surface area contributed by atoms with Crippen LogP contribution in [0.4, 0.5) is 0 Å². The topological polar surface area (TPSA) is 60.9 Å². The Kier molecular flexibility index (Phi) is 2.93. The number of halogens is 2. The van der Waals surface area contributed by atoms with E-state index >= 15 is 0 Å². The first-order valence-corrected chi connectivity index (χ1v) is 6.36. The molecular formula is C12H11Cl2N3O. The summed E-state index contributed by atoms with van der Waals surface area (Å²) >= 11 is 12.3. The van der Waals surface area contributed by atoms with Crippen molar-refractivity contribution >= 4 is 23.2 Å². The molecule has 0 bridgehead atoms. The van der Waals surface area contributed by atoms with Gasteiger partial charge in [0.05, 0.1) is 23.1 Å². The largest absolute Gasteiger partial charge is 0.506 e. The van der Waals surface area contributed by atoms with Crippen molar-refractivity contribution in [1.29, 1.82) is 0 Å². The summed E-state index contributed by atoms with van der Waals surface area (Å²) in [5.41, 5.74) is 2.64. The number of hydrogen-bond acceptors (Lipinski definition) is 3. The molecule has 3 rings (SSSR count). The Morgan fingerprint density at radius 3 is 3.00 bits per heavy atom. The van der Waals surface area contributed by atoms with Crippen LogP contribution in [-0.4, -0.2) is 21.6 Å². The van der Waals surface area contributed by atoms with Crippen molar-refractivity contribution in [3.8, 4) is 5.75 Å². The van der Waals surface area contributed by atoms with Gasteiger partial charge in [0.15, 0.2) is 0 Å². The number of phenolic OH excluding ortho intramolecular Hbond substituents is 1. The highest BCUT2D eigenvalue weighted by atomic mass is 35.5. The van der Waals surface area contributed by atoms with Gasteiger partial charge in [-0.2, -0.15) is 0 Å². The van der Waals surface area contributed by atoms with Gasteiger partial charge in [-0.05, 0) is 12.1 Å². The maximum Gasteiger partial charge on any atom is 0.134 e. The molecule has 94 valence electrons. The summed E-state index contributed by atoms with van der Waals surface area (Å²) in [7, 11) is 0. The van der Waals surface area contributed by atoms with E-state index in [4.69, 9.17) is 23.2 Å². The SMILES string of the molecule is Oc1ccc(Cl)c([C@@H]2NCCc3[nH]cnc32)c1Cl. The summed E-state index contributed by atoms with van der Waals surface area (Å²) in [6.07, 6.45) is 2.55. The Balaban J connectivity index is 2.16. The Bertz CT molecular complexity index is 597. The van der Waals surface area contributed by atoms with Crippen LogP contribution in [0.5, 0.6) is 5.75 Å². The molecule has 2 aromatic rings. The third-order valence-electron chi connectivity index (χ3n) is 3.14. The lowest BCUT2D eigenvalue weighted by Gasteiger charge is -2.25. The molecule has 4 nitrogen and oxygen atoms in total. The molecule has 1 aromatic carbocycles. The third-order valence-corrected chi connectivity index (χ3v) is 3.87. The number of benzene rings is 1. The van der Waals surface area contributed by atoms with E-state index in [9.17, 15) is 5.11 Å². The van der Waals surface area contributed by atoms with E-state index in [0.717, 1.165) is 24.4 Å². The van der Waals surface area contributed by atoms with Gasteiger partial charge in [-0.25, -0.2) is 4.98 Å². The smallest absolute Gasteiger partial charge is 0.134 e. The number of H-pyrrole nitrogens is 1. The van der Waals surface area contributed by atoms with Gasteiger partial charge in [0, 0.05) is 29.2 Å². The van der Waals surface area contributed by atoms with Gasteiger partial charge < -0.3 is 15.4 Å². The molecular weight excluding hydrogens is 273 g/mol. The number of aromatic nitrogens is 2. The molecule has 0 saturated heterocycles. The standard InChI is InChI=1S/C12H11Cl2N3O/c13-6-1-2-8(18)10(14)9(6)12-11-7(3-4-15-12)16-5-17-11/h1-2,5,12,15,18H,3-4H2,(H,16,17)/t12-/m0/s1. The number of aromatic amines is 1. The Morgan fingerprint density at radius 1 is 1.33 bits per heavy atom. The second kappa shape index (κ2) is 4.46. The lowest BCUT2D eigenvalue weighted by molar-refractivity contribution is 0.472.